The Labute approximate surface area is 123 Å². The molecule has 1 aliphatic rings. The van der Waals surface area contributed by atoms with E-state index >= 15 is 0 Å². The molecule has 0 aromatic heterocycles. The molecule has 1 aliphatic carbocycles. The molecule has 0 spiro atoms. The Morgan fingerprint density at radius 3 is 2.50 bits per heavy atom. The number of nitrogens with one attached hydrogen (secondary N) is 1. The van der Waals surface area contributed by atoms with Gasteiger partial charge in [-0.3, -0.25) is 0 Å². The average Bonchev–Trinajstić information content (AvgIpc) is 2.57. The van der Waals surface area contributed by atoms with E-state index in [-0.39, 0.29) is 0 Å². The van der Waals surface area contributed by atoms with Gasteiger partial charge in [-0.15, -0.1) is 0 Å². The van der Waals surface area contributed by atoms with Crippen molar-refractivity contribution in [2.45, 2.75) is 57.5 Å². The van der Waals surface area contributed by atoms with Gasteiger partial charge >= 0.3 is 0 Å². The van der Waals surface area contributed by atoms with Gasteiger partial charge < -0.3 is 5.32 Å². The van der Waals surface area contributed by atoms with Gasteiger partial charge in [-0.25, -0.2) is 0 Å². The second kappa shape index (κ2) is 6.93. The third-order valence-electron chi connectivity index (χ3n) is 3.77. The Balaban J connectivity index is 1.99. The summed E-state index contributed by atoms with van der Waals surface area (Å²) in [5, 5.41) is 4.58. The van der Waals surface area contributed by atoms with Crippen LogP contribution in [0.3, 0.4) is 0 Å². The smallest absolute Gasteiger partial charge is 0.0464 e. The van der Waals surface area contributed by atoms with Crippen LogP contribution in [0.2, 0.25) is 5.02 Å². The number of halogens is 2. The Bertz CT molecular complexity index is 386. The van der Waals surface area contributed by atoms with Crippen molar-refractivity contribution in [1.82, 2.24) is 5.32 Å². The van der Waals surface area contributed by atoms with Gasteiger partial charge in [0.1, 0.15) is 0 Å². The summed E-state index contributed by atoms with van der Waals surface area (Å²) in [6.45, 7) is 2.21. The molecule has 1 aromatic carbocycles. The first-order valence-electron chi connectivity index (χ1n) is 6.88. The molecule has 100 valence electrons. The summed E-state index contributed by atoms with van der Waals surface area (Å²) in [6.07, 6.45) is 8.12. The minimum Gasteiger partial charge on any atom is -0.307 e. The summed E-state index contributed by atoms with van der Waals surface area (Å²) in [5.41, 5.74) is 1.20. The van der Waals surface area contributed by atoms with Crippen molar-refractivity contribution in [3.8, 4) is 0 Å². The highest BCUT2D eigenvalue weighted by Gasteiger charge is 2.16. The minimum absolute atomic E-state index is 0.327. The van der Waals surface area contributed by atoms with Gasteiger partial charge in [0.2, 0.25) is 0 Å². The van der Waals surface area contributed by atoms with Crippen LogP contribution in [0.4, 0.5) is 0 Å². The van der Waals surface area contributed by atoms with Crippen LogP contribution in [0, 0.1) is 0 Å². The van der Waals surface area contributed by atoms with Crippen LogP contribution in [-0.4, -0.2) is 6.04 Å². The summed E-state index contributed by atoms with van der Waals surface area (Å²) in [5.74, 6) is 0. The van der Waals surface area contributed by atoms with E-state index in [1.807, 2.05) is 6.07 Å². The maximum atomic E-state index is 6.30. The Morgan fingerprint density at radius 2 is 1.89 bits per heavy atom. The zero-order valence-electron chi connectivity index (χ0n) is 10.9. The number of hydrogen-bond donors (Lipinski definition) is 1. The molecule has 1 atom stereocenters. The van der Waals surface area contributed by atoms with Crippen LogP contribution < -0.4 is 5.32 Å². The molecule has 18 heavy (non-hydrogen) atoms. The first-order valence-corrected chi connectivity index (χ1v) is 8.05. The van der Waals surface area contributed by atoms with Crippen LogP contribution in [0.5, 0.6) is 0 Å². The summed E-state index contributed by atoms with van der Waals surface area (Å²) in [4.78, 5) is 0. The van der Waals surface area contributed by atoms with Crippen LogP contribution in [0.1, 0.15) is 57.1 Å². The SMILES string of the molecule is CC(NC1CCCCCC1)c1ccc(Br)cc1Cl. The summed E-state index contributed by atoms with van der Waals surface area (Å²) < 4.78 is 1.04. The van der Waals surface area contributed by atoms with Crippen LogP contribution in [0.25, 0.3) is 0 Å². The molecule has 1 nitrogen and oxygen atoms in total. The second-order valence-corrected chi connectivity index (χ2v) is 6.57. The summed E-state index contributed by atoms with van der Waals surface area (Å²) >= 11 is 9.75. The highest BCUT2D eigenvalue weighted by molar-refractivity contribution is 9.10. The topological polar surface area (TPSA) is 12.0 Å². The van der Waals surface area contributed by atoms with E-state index in [1.54, 1.807) is 0 Å². The van der Waals surface area contributed by atoms with E-state index in [2.05, 4.69) is 40.3 Å². The van der Waals surface area contributed by atoms with Crippen molar-refractivity contribution in [3.63, 3.8) is 0 Å². The molecule has 1 N–H and O–H groups in total. The second-order valence-electron chi connectivity index (χ2n) is 5.24. The zero-order valence-corrected chi connectivity index (χ0v) is 13.2. The van der Waals surface area contributed by atoms with Crippen molar-refractivity contribution in [1.29, 1.82) is 0 Å². The first-order chi connectivity index (χ1) is 8.66. The van der Waals surface area contributed by atoms with Gasteiger partial charge in [0.05, 0.1) is 0 Å². The summed E-state index contributed by atoms with van der Waals surface area (Å²) in [6, 6.07) is 7.13. The molecular formula is C15H21BrClN. The molecule has 1 saturated carbocycles. The van der Waals surface area contributed by atoms with Gasteiger partial charge in [0.25, 0.3) is 0 Å². The Hall–Kier alpha value is -0.0500. The van der Waals surface area contributed by atoms with E-state index in [4.69, 9.17) is 11.6 Å². The lowest BCUT2D eigenvalue weighted by molar-refractivity contribution is 0.414. The van der Waals surface area contributed by atoms with Gasteiger partial charge in [0.15, 0.2) is 0 Å². The van der Waals surface area contributed by atoms with E-state index in [0.29, 0.717) is 12.1 Å². The quantitative estimate of drug-likeness (QED) is 0.724. The zero-order chi connectivity index (χ0) is 13.0. The molecule has 0 amide bonds. The number of benzene rings is 1. The van der Waals surface area contributed by atoms with Crippen molar-refractivity contribution in [2.24, 2.45) is 0 Å². The lowest BCUT2D eigenvalue weighted by atomic mass is 10.0. The molecule has 1 aromatic rings. The normalized spacial score (nSPS) is 19.5. The Morgan fingerprint density at radius 1 is 1.22 bits per heavy atom. The van der Waals surface area contributed by atoms with E-state index in [0.717, 1.165) is 9.50 Å². The average molecular weight is 331 g/mol. The molecule has 0 radical (unpaired) electrons. The van der Waals surface area contributed by atoms with Crippen LogP contribution in [0.15, 0.2) is 22.7 Å². The third-order valence-corrected chi connectivity index (χ3v) is 4.59. The van der Waals surface area contributed by atoms with E-state index in [9.17, 15) is 0 Å². The molecule has 1 fully saturated rings. The minimum atomic E-state index is 0.327. The fraction of sp³-hybridized carbons (Fsp3) is 0.600. The van der Waals surface area contributed by atoms with E-state index < -0.39 is 0 Å². The van der Waals surface area contributed by atoms with Crippen molar-refractivity contribution < 1.29 is 0 Å². The molecule has 0 aliphatic heterocycles. The van der Waals surface area contributed by atoms with Gasteiger partial charge in [-0.1, -0.05) is 59.3 Å². The molecule has 3 heteroatoms. The fourth-order valence-corrected chi connectivity index (χ4v) is 3.58. The molecule has 0 saturated heterocycles. The Kier molecular flexibility index (Phi) is 5.53. The molecule has 0 bridgehead atoms. The molecular weight excluding hydrogens is 310 g/mol. The lowest BCUT2D eigenvalue weighted by Crippen LogP contribution is -2.31. The van der Waals surface area contributed by atoms with Gasteiger partial charge in [-0.05, 0) is 37.5 Å². The van der Waals surface area contributed by atoms with Crippen molar-refractivity contribution in [3.05, 3.63) is 33.3 Å². The largest absolute Gasteiger partial charge is 0.307 e. The van der Waals surface area contributed by atoms with Crippen LogP contribution >= 0.6 is 27.5 Å². The third kappa shape index (κ3) is 3.97. The highest BCUT2D eigenvalue weighted by Crippen LogP contribution is 2.28. The maximum absolute atomic E-state index is 6.30. The molecule has 0 heterocycles. The predicted molar refractivity (Wildman–Crippen MR) is 82.2 cm³/mol. The maximum Gasteiger partial charge on any atom is 0.0464 e. The first kappa shape index (κ1) is 14.4. The van der Waals surface area contributed by atoms with E-state index in [1.165, 1.54) is 44.1 Å². The fourth-order valence-electron chi connectivity index (χ4n) is 2.74. The van der Waals surface area contributed by atoms with Crippen molar-refractivity contribution >= 4 is 27.5 Å². The lowest BCUT2D eigenvalue weighted by Gasteiger charge is -2.23. The number of rotatable bonds is 3. The standard InChI is InChI=1S/C15H21BrClN/c1-11(14-9-8-12(16)10-15(14)17)18-13-6-4-2-3-5-7-13/h8-11,13,18H,2-7H2,1H3. The number of hydrogen-bond acceptors (Lipinski definition) is 1. The molecule has 1 unspecified atom stereocenters. The van der Waals surface area contributed by atoms with Crippen LogP contribution in [-0.2, 0) is 0 Å². The van der Waals surface area contributed by atoms with Gasteiger partial charge in [-0.2, -0.15) is 0 Å². The monoisotopic (exact) mass is 329 g/mol. The van der Waals surface area contributed by atoms with Gasteiger partial charge in [0, 0.05) is 21.6 Å². The van der Waals surface area contributed by atoms with Crippen molar-refractivity contribution in [2.75, 3.05) is 0 Å². The predicted octanol–water partition coefficient (Wildman–Crippen LogP) is 5.48. The summed E-state index contributed by atoms with van der Waals surface area (Å²) in [7, 11) is 0. The highest BCUT2D eigenvalue weighted by atomic mass is 79.9. The molecule has 2 rings (SSSR count).